The average molecular weight is 316 g/mol. The lowest BCUT2D eigenvalue weighted by atomic mass is 10.1. The van der Waals surface area contributed by atoms with Gasteiger partial charge in [0.15, 0.2) is 0 Å². The van der Waals surface area contributed by atoms with Crippen molar-refractivity contribution in [1.29, 1.82) is 5.26 Å². The highest BCUT2D eigenvalue weighted by atomic mass is 32.2. The highest BCUT2D eigenvalue weighted by molar-refractivity contribution is 7.99. The largest absolute Gasteiger partial charge is 0.290 e. The van der Waals surface area contributed by atoms with E-state index in [9.17, 15) is 4.39 Å². The molecule has 0 spiro atoms. The Morgan fingerprint density at radius 2 is 2.36 bits per heavy atom. The minimum absolute atomic E-state index is 0.113. The van der Waals surface area contributed by atoms with Gasteiger partial charge in [-0.05, 0) is 17.7 Å². The molecule has 2 heterocycles. The molecular weight excluding hydrogens is 299 g/mol. The summed E-state index contributed by atoms with van der Waals surface area (Å²) in [4.78, 5) is 2.38. The number of benzene rings is 1. The smallest absolute Gasteiger partial charge is 0.140 e. The number of hydrogen-bond donors (Lipinski definition) is 0. The van der Waals surface area contributed by atoms with Crippen LogP contribution < -0.4 is 0 Å². The maximum Gasteiger partial charge on any atom is 0.140 e. The Labute approximate surface area is 133 Å². The third-order valence-electron chi connectivity index (χ3n) is 3.89. The van der Waals surface area contributed by atoms with Crippen molar-refractivity contribution >= 4 is 11.8 Å². The Morgan fingerprint density at radius 1 is 1.50 bits per heavy atom. The zero-order valence-electron chi connectivity index (χ0n) is 12.4. The molecule has 1 aliphatic heterocycles. The van der Waals surface area contributed by atoms with Gasteiger partial charge in [0.25, 0.3) is 0 Å². The van der Waals surface area contributed by atoms with Crippen molar-refractivity contribution in [1.82, 2.24) is 14.7 Å². The van der Waals surface area contributed by atoms with Crippen LogP contribution in [0.15, 0.2) is 30.6 Å². The Kier molecular flexibility index (Phi) is 4.46. The van der Waals surface area contributed by atoms with Gasteiger partial charge in [-0.25, -0.2) is 4.39 Å². The predicted octanol–water partition coefficient (Wildman–Crippen LogP) is 2.72. The molecule has 114 valence electrons. The van der Waals surface area contributed by atoms with Crippen LogP contribution in [0.2, 0.25) is 0 Å². The lowest BCUT2D eigenvalue weighted by molar-refractivity contribution is 0.212. The molecule has 1 aromatic heterocycles. The quantitative estimate of drug-likeness (QED) is 0.873. The molecule has 0 radical (unpaired) electrons. The first-order chi connectivity index (χ1) is 10.7. The second kappa shape index (κ2) is 6.51. The van der Waals surface area contributed by atoms with E-state index < -0.39 is 5.82 Å². The maximum atomic E-state index is 13.4. The molecule has 1 fully saturated rings. The number of hydrogen-bond acceptors (Lipinski definition) is 4. The first-order valence-corrected chi connectivity index (χ1v) is 8.31. The third kappa shape index (κ3) is 3.16. The molecule has 0 bridgehead atoms. The topological polar surface area (TPSA) is 44.9 Å². The molecule has 1 aliphatic rings. The van der Waals surface area contributed by atoms with Gasteiger partial charge in [0.05, 0.1) is 11.8 Å². The first kappa shape index (κ1) is 15.1. The first-order valence-electron chi connectivity index (χ1n) is 7.16. The number of halogens is 1. The number of aromatic nitrogens is 2. The molecule has 6 heteroatoms. The minimum atomic E-state index is -0.454. The van der Waals surface area contributed by atoms with Crippen molar-refractivity contribution in [2.45, 2.75) is 12.6 Å². The molecule has 0 aliphatic carbocycles. The number of nitrogens with zero attached hydrogens (tertiary/aromatic N) is 4. The maximum absolute atomic E-state index is 13.4. The monoisotopic (exact) mass is 316 g/mol. The van der Waals surface area contributed by atoms with E-state index in [1.165, 1.54) is 11.6 Å². The van der Waals surface area contributed by atoms with Crippen LogP contribution in [0.5, 0.6) is 0 Å². The van der Waals surface area contributed by atoms with Gasteiger partial charge < -0.3 is 0 Å². The van der Waals surface area contributed by atoms with Crippen molar-refractivity contribution in [3.8, 4) is 6.07 Å². The molecule has 2 aromatic rings. The van der Waals surface area contributed by atoms with Crippen LogP contribution in [-0.4, -0.2) is 32.7 Å². The molecular formula is C16H17FN4S. The average Bonchev–Trinajstić information content (AvgIpc) is 2.96. The molecule has 0 amide bonds. The Morgan fingerprint density at radius 3 is 3.09 bits per heavy atom. The van der Waals surface area contributed by atoms with Gasteiger partial charge in [-0.15, -0.1) is 0 Å². The summed E-state index contributed by atoms with van der Waals surface area (Å²) >= 11 is 1.94. The number of nitriles is 1. The van der Waals surface area contributed by atoms with Crippen LogP contribution in [0.4, 0.5) is 4.39 Å². The van der Waals surface area contributed by atoms with Crippen molar-refractivity contribution in [2.24, 2.45) is 7.05 Å². The van der Waals surface area contributed by atoms with Gasteiger partial charge in [0.2, 0.25) is 0 Å². The normalized spacial score (nSPS) is 19.0. The molecule has 0 saturated carbocycles. The Hall–Kier alpha value is -1.84. The number of rotatable bonds is 3. The van der Waals surface area contributed by atoms with Gasteiger partial charge in [-0.2, -0.15) is 22.1 Å². The summed E-state index contributed by atoms with van der Waals surface area (Å²) in [7, 11) is 1.92. The summed E-state index contributed by atoms with van der Waals surface area (Å²) in [6, 6.07) is 7.01. The van der Waals surface area contributed by atoms with Crippen molar-refractivity contribution in [2.75, 3.05) is 18.1 Å². The van der Waals surface area contributed by atoms with Gasteiger partial charge in [-0.3, -0.25) is 9.58 Å². The van der Waals surface area contributed by atoms with Crippen LogP contribution in [0, 0.1) is 17.1 Å². The van der Waals surface area contributed by atoms with E-state index in [1.807, 2.05) is 35.8 Å². The van der Waals surface area contributed by atoms with Gasteiger partial charge in [-0.1, -0.05) is 6.07 Å². The van der Waals surface area contributed by atoms with Crippen molar-refractivity contribution < 1.29 is 4.39 Å². The lowest BCUT2D eigenvalue weighted by Crippen LogP contribution is -2.35. The van der Waals surface area contributed by atoms with Crippen LogP contribution in [-0.2, 0) is 13.6 Å². The van der Waals surface area contributed by atoms with Crippen molar-refractivity contribution in [3.63, 3.8) is 0 Å². The molecule has 1 atom stereocenters. The zero-order chi connectivity index (χ0) is 15.5. The van der Waals surface area contributed by atoms with Crippen LogP contribution >= 0.6 is 11.8 Å². The Bertz CT molecular complexity index is 706. The van der Waals surface area contributed by atoms with Gasteiger partial charge in [0, 0.05) is 49.4 Å². The molecule has 3 rings (SSSR count). The van der Waals surface area contributed by atoms with E-state index in [0.717, 1.165) is 30.2 Å². The van der Waals surface area contributed by atoms with Gasteiger partial charge in [0.1, 0.15) is 11.9 Å². The molecule has 0 N–H and O–H groups in total. The summed E-state index contributed by atoms with van der Waals surface area (Å²) in [6.45, 7) is 1.69. The molecule has 1 aromatic carbocycles. The number of aryl methyl sites for hydroxylation is 1. The standard InChI is InChI=1S/C16H17FN4S/c1-20-10-14(8-19-20)16-11-22-5-4-21(16)9-12-2-3-15(17)13(6-12)7-18/h2-3,6,8,10,16H,4-5,9,11H2,1H3/t16-/m0/s1. The van der Waals surface area contributed by atoms with E-state index >= 15 is 0 Å². The predicted molar refractivity (Wildman–Crippen MR) is 84.8 cm³/mol. The van der Waals surface area contributed by atoms with Crippen LogP contribution in [0.1, 0.15) is 22.7 Å². The van der Waals surface area contributed by atoms with Crippen LogP contribution in [0.25, 0.3) is 0 Å². The summed E-state index contributed by atoms with van der Waals surface area (Å²) in [5, 5.41) is 13.2. The molecule has 0 unspecified atom stereocenters. The summed E-state index contributed by atoms with van der Waals surface area (Å²) in [5.74, 6) is 1.66. The van der Waals surface area contributed by atoms with E-state index in [2.05, 4.69) is 16.2 Å². The Balaban J connectivity index is 1.81. The van der Waals surface area contributed by atoms with E-state index in [-0.39, 0.29) is 5.56 Å². The molecule has 22 heavy (non-hydrogen) atoms. The minimum Gasteiger partial charge on any atom is -0.290 e. The second-order valence-corrected chi connectivity index (χ2v) is 6.58. The van der Waals surface area contributed by atoms with E-state index in [4.69, 9.17) is 5.26 Å². The number of thioether (sulfide) groups is 1. The van der Waals surface area contributed by atoms with Crippen LogP contribution in [0.3, 0.4) is 0 Å². The summed E-state index contributed by atoms with van der Waals surface area (Å²) in [6.07, 6.45) is 3.96. The third-order valence-corrected chi connectivity index (χ3v) is 4.91. The fraction of sp³-hybridized carbons (Fsp3) is 0.375. The van der Waals surface area contributed by atoms with E-state index in [0.29, 0.717) is 6.04 Å². The fourth-order valence-electron chi connectivity index (χ4n) is 2.74. The fourth-order valence-corrected chi connectivity index (χ4v) is 3.89. The van der Waals surface area contributed by atoms with Gasteiger partial charge >= 0.3 is 0 Å². The highest BCUT2D eigenvalue weighted by Gasteiger charge is 2.25. The van der Waals surface area contributed by atoms with E-state index in [1.54, 1.807) is 12.1 Å². The molecule has 4 nitrogen and oxygen atoms in total. The second-order valence-electron chi connectivity index (χ2n) is 5.43. The SMILES string of the molecule is Cn1cc([C@@H]2CSCCN2Cc2ccc(F)c(C#N)c2)cn1. The summed E-state index contributed by atoms with van der Waals surface area (Å²) in [5.41, 5.74) is 2.29. The zero-order valence-corrected chi connectivity index (χ0v) is 13.2. The van der Waals surface area contributed by atoms with Crippen molar-refractivity contribution in [3.05, 3.63) is 53.1 Å². The molecule has 1 saturated heterocycles. The highest BCUT2D eigenvalue weighted by Crippen LogP contribution is 2.30. The lowest BCUT2D eigenvalue weighted by Gasteiger charge is -2.35. The summed E-state index contributed by atoms with van der Waals surface area (Å²) < 4.78 is 15.3.